The SMILES string of the molecule is Cc1cccc(NC(=O)c2c(C)nc3cc(Cl)ccn23)c1. The Hall–Kier alpha value is -2.33. The number of carbonyl (C=O) groups excluding carboxylic acids is 1. The van der Waals surface area contributed by atoms with Crippen LogP contribution in [0.25, 0.3) is 5.65 Å². The molecule has 106 valence electrons. The van der Waals surface area contributed by atoms with Crippen LogP contribution in [0.1, 0.15) is 21.7 Å². The molecule has 1 aromatic carbocycles. The first-order valence-electron chi connectivity index (χ1n) is 6.57. The summed E-state index contributed by atoms with van der Waals surface area (Å²) in [5, 5.41) is 3.50. The molecule has 0 bridgehead atoms. The molecule has 0 aliphatic carbocycles. The van der Waals surface area contributed by atoms with Gasteiger partial charge in [-0.25, -0.2) is 4.98 Å². The van der Waals surface area contributed by atoms with E-state index in [4.69, 9.17) is 11.6 Å². The molecule has 4 nitrogen and oxygen atoms in total. The molecular formula is C16H14ClN3O. The van der Waals surface area contributed by atoms with Crippen LogP contribution in [0.4, 0.5) is 5.69 Å². The molecule has 0 saturated carbocycles. The van der Waals surface area contributed by atoms with Crippen LogP contribution < -0.4 is 5.32 Å². The van der Waals surface area contributed by atoms with E-state index in [0.717, 1.165) is 11.3 Å². The average Bonchev–Trinajstić information content (AvgIpc) is 2.73. The number of rotatable bonds is 2. The van der Waals surface area contributed by atoms with Crippen molar-refractivity contribution < 1.29 is 4.79 Å². The molecule has 0 aliphatic rings. The lowest BCUT2D eigenvalue weighted by Gasteiger charge is -2.06. The number of amides is 1. The number of imidazole rings is 1. The lowest BCUT2D eigenvalue weighted by molar-refractivity contribution is 0.102. The van der Waals surface area contributed by atoms with Crippen molar-refractivity contribution in [2.45, 2.75) is 13.8 Å². The first kappa shape index (κ1) is 13.6. The van der Waals surface area contributed by atoms with Gasteiger partial charge in [-0.2, -0.15) is 0 Å². The molecule has 0 radical (unpaired) electrons. The molecule has 2 aromatic heterocycles. The molecule has 0 atom stereocenters. The first-order valence-corrected chi connectivity index (χ1v) is 6.94. The quantitative estimate of drug-likeness (QED) is 0.781. The zero-order valence-electron chi connectivity index (χ0n) is 11.7. The van der Waals surface area contributed by atoms with E-state index in [1.807, 2.05) is 38.1 Å². The van der Waals surface area contributed by atoms with Crippen molar-refractivity contribution >= 4 is 28.8 Å². The van der Waals surface area contributed by atoms with E-state index in [2.05, 4.69) is 10.3 Å². The van der Waals surface area contributed by atoms with Gasteiger partial charge in [-0.3, -0.25) is 9.20 Å². The molecule has 3 rings (SSSR count). The van der Waals surface area contributed by atoms with Crippen LogP contribution in [0.3, 0.4) is 0 Å². The Balaban J connectivity index is 2.00. The summed E-state index contributed by atoms with van der Waals surface area (Å²) in [6.07, 6.45) is 1.75. The fourth-order valence-electron chi connectivity index (χ4n) is 2.32. The maximum Gasteiger partial charge on any atom is 0.274 e. The van der Waals surface area contributed by atoms with Gasteiger partial charge in [0.25, 0.3) is 5.91 Å². The maximum atomic E-state index is 12.5. The highest BCUT2D eigenvalue weighted by molar-refractivity contribution is 6.30. The third-order valence-corrected chi connectivity index (χ3v) is 3.49. The summed E-state index contributed by atoms with van der Waals surface area (Å²) < 4.78 is 1.74. The molecule has 21 heavy (non-hydrogen) atoms. The van der Waals surface area contributed by atoms with Gasteiger partial charge in [-0.05, 0) is 37.6 Å². The maximum absolute atomic E-state index is 12.5. The summed E-state index contributed by atoms with van der Waals surface area (Å²) in [7, 11) is 0. The van der Waals surface area contributed by atoms with Crippen molar-refractivity contribution in [3.8, 4) is 0 Å². The number of nitrogens with one attached hydrogen (secondary N) is 1. The Morgan fingerprint density at radius 1 is 1.24 bits per heavy atom. The molecule has 0 aliphatic heterocycles. The molecule has 1 amide bonds. The van der Waals surface area contributed by atoms with Crippen molar-refractivity contribution in [2.75, 3.05) is 5.32 Å². The van der Waals surface area contributed by atoms with Crippen LogP contribution in [-0.2, 0) is 0 Å². The Morgan fingerprint density at radius 2 is 2.05 bits per heavy atom. The van der Waals surface area contributed by atoms with E-state index >= 15 is 0 Å². The van der Waals surface area contributed by atoms with E-state index < -0.39 is 0 Å². The zero-order valence-corrected chi connectivity index (χ0v) is 12.5. The minimum Gasteiger partial charge on any atom is -0.321 e. The van der Waals surface area contributed by atoms with Crippen molar-refractivity contribution in [3.63, 3.8) is 0 Å². The molecule has 0 spiro atoms. The topological polar surface area (TPSA) is 46.4 Å². The van der Waals surface area contributed by atoms with Crippen LogP contribution in [0.15, 0.2) is 42.6 Å². The van der Waals surface area contributed by atoms with Gasteiger partial charge in [0.05, 0.1) is 5.69 Å². The van der Waals surface area contributed by atoms with Gasteiger partial charge in [0.15, 0.2) is 0 Å². The van der Waals surface area contributed by atoms with Gasteiger partial charge in [0.1, 0.15) is 11.3 Å². The predicted molar refractivity (Wildman–Crippen MR) is 84.1 cm³/mol. The van der Waals surface area contributed by atoms with Gasteiger partial charge in [-0.15, -0.1) is 0 Å². The van der Waals surface area contributed by atoms with Gasteiger partial charge in [-0.1, -0.05) is 23.7 Å². The van der Waals surface area contributed by atoms with E-state index in [1.54, 1.807) is 22.7 Å². The second-order valence-corrected chi connectivity index (χ2v) is 5.38. The zero-order chi connectivity index (χ0) is 15.0. The number of nitrogens with zero attached hydrogens (tertiary/aromatic N) is 2. The monoisotopic (exact) mass is 299 g/mol. The number of fused-ring (bicyclic) bond motifs is 1. The molecule has 1 N–H and O–H groups in total. The first-order chi connectivity index (χ1) is 10.0. The fraction of sp³-hybridized carbons (Fsp3) is 0.125. The van der Waals surface area contributed by atoms with Gasteiger partial charge in [0, 0.05) is 23.0 Å². The smallest absolute Gasteiger partial charge is 0.274 e. The Kier molecular flexibility index (Phi) is 3.39. The third kappa shape index (κ3) is 2.62. The summed E-state index contributed by atoms with van der Waals surface area (Å²) in [5.74, 6) is -0.187. The third-order valence-electron chi connectivity index (χ3n) is 3.25. The van der Waals surface area contributed by atoms with Gasteiger partial charge < -0.3 is 5.32 Å². The van der Waals surface area contributed by atoms with Gasteiger partial charge in [0.2, 0.25) is 0 Å². The molecule has 2 heterocycles. The second kappa shape index (κ2) is 5.22. The van der Waals surface area contributed by atoms with E-state index in [1.165, 1.54) is 0 Å². The highest BCUT2D eigenvalue weighted by atomic mass is 35.5. The molecule has 0 saturated heterocycles. The minimum atomic E-state index is -0.187. The summed E-state index contributed by atoms with van der Waals surface area (Å²) >= 11 is 5.95. The van der Waals surface area contributed by atoms with E-state index in [9.17, 15) is 4.79 Å². The summed E-state index contributed by atoms with van der Waals surface area (Å²) in [5.41, 5.74) is 3.71. The lowest BCUT2D eigenvalue weighted by atomic mass is 10.2. The van der Waals surface area contributed by atoms with Crippen molar-refractivity contribution in [1.29, 1.82) is 0 Å². The van der Waals surface area contributed by atoms with Crippen LogP contribution in [-0.4, -0.2) is 15.3 Å². The highest BCUT2D eigenvalue weighted by Gasteiger charge is 2.16. The Labute approximate surface area is 127 Å². The average molecular weight is 300 g/mol. The molecule has 5 heteroatoms. The predicted octanol–water partition coefficient (Wildman–Crippen LogP) is 3.86. The number of halogens is 1. The molecule has 0 fully saturated rings. The Bertz CT molecular complexity index is 839. The number of aromatic nitrogens is 2. The van der Waals surface area contributed by atoms with Gasteiger partial charge >= 0.3 is 0 Å². The van der Waals surface area contributed by atoms with Crippen LogP contribution >= 0.6 is 11.6 Å². The van der Waals surface area contributed by atoms with E-state index in [0.29, 0.717) is 22.1 Å². The summed E-state index contributed by atoms with van der Waals surface area (Å²) in [6.45, 7) is 3.79. The Morgan fingerprint density at radius 3 is 2.81 bits per heavy atom. The number of carbonyl (C=O) groups is 1. The number of hydrogen-bond donors (Lipinski definition) is 1. The lowest BCUT2D eigenvalue weighted by Crippen LogP contribution is -2.15. The summed E-state index contributed by atoms with van der Waals surface area (Å²) in [6, 6.07) is 11.1. The molecular weight excluding hydrogens is 286 g/mol. The van der Waals surface area contributed by atoms with Crippen LogP contribution in [0.5, 0.6) is 0 Å². The van der Waals surface area contributed by atoms with Crippen LogP contribution in [0.2, 0.25) is 5.02 Å². The van der Waals surface area contributed by atoms with Crippen LogP contribution in [0, 0.1) is 13.8 Å². The number of pyridine rings is 1. The number of anilines is 1. The number of hydrogen-bond acceptors (Lipinski definition) is 2. The number of benzene rings is 1. The number of aryl methyl sites for hydroxylation is 2. The van der Waals surface area contributed by atoms with Crippen molar-refractivity contribution in [3.05, 3.63) is 64.6 Å². The second-order valence-electron chi connectivity index (χ2n) is 4.94. The van der Waals surface area contributed by atoms with E-state index in [-0.39, 0.29) is 5.91 Å². The fourth-order valence-corrected chi connectivity index (χ4v) is 2.48. The normalized spacial score (nSPS) is 10.8. The minimum absolute atomic E-state index is 0.187. The molecule has 0 unspecified atom stereocenters. The standard InChI is InChI=1S/C16H14ClN3O/c1-10-4-3-5-13(8-10)19-16(21)15-11(2)18-14-9-12(17)6-7-20(14)15/h3-9H,1-2H3,(H,19,21). The van der Waals surface area contributed by atoms with Crippen molar-refractivity contribution in [2.24, 2.45) is 0 Å². The van der Waals surface area contributed by atoms with Crippen molar-refractivity contribution in [1.82, 2.24) is 9.38 Å². The highest BCUT2D eigenvalue weighted by Crippen LogP contribution is 2.18. The summed E-state index contributed by atoms with van der Waals surface area (Å²) in [4.78, 5) is 16.9. The molecule has 3 aromatic rings. The largest absolute Gasteiger partial charge is 0.321 e.